The normalized spacial score (nSPS) is 13.8. The van der Waals surface area contributed by atoms with Gasteiger partial charge in [0.05, 0.1) is 21.7 Å². The summed E-state index contributed by atoms with van der Waals surface area (Å²) in [6, 6.07) is 9.15. The predicted molar refractivity (Wildman–Crippen MR) is 85.2 cm³/mol. The van der Waals surface area contributed by atoms with Gasteiger partial charge in [-0.15, -0.1) is 0 Å². The van der Waals surface area contributed by atoms with E-state index in [1.54, 1.807) is 12.1 Å². The Morgan fingerprint density at radius 1 is 1.04 bits per heavy atom. The molecule has 2 aromatic rings. The Kier molecular flexibility index (Phi) is 4.07. The lowest BCUT2D eigenvalue weighted by Gasteiger charge is -2.13. The zero-order valence-corrected chi connectivity index (χ0v) is 13.9. The van der Waals surface area contributed by atoms with Crippen molar-refractivity contribution in [1.82, 2.24) is 5.06 Å². The number of rotatable bonds is 3. The Morgan fingerprint density at radius 2 is 1.60 bits per heavy atom. The lowest BCUT2D eigenvalue weighted by atomic mass is 10.1. The molecule has 2 N–H and O–H groups in total. The molecule has 0 fully saturated rings. The van der Waals surface area contributed by atoms with Gasteiger partial charge in [-0.25, -0.2) is 18.4 Å². The van der Waals surface area contributed by atoms with Gasteiger partial charge in [0, 0.05) is 0 Å². The van der Waals surface area contributed by atoms with Crippen LogP contribution in [0.15, 0.2) is 47.4 Å². The maximum absolute atomic E-state index is 12.1. The Hall–Kier alpha value is -2.75. The number of imide groups is 1. The first-order valence-corrected chi connectivity index (χ1v) is 8.65. The fraction of sp³-hybridized carbons (Fsp3) is 0. The SMILES string of the molecule is NS(=O)(=O)c1ccc(C(=O)ON2C(=O)c3ccccc3C2=O)cc1Cl. The fourth-order valence-corrected chi connectivity index (χ4v) is 3.34. The summed E-state index contributed by atoms with van der Waals surface area (Å²) >= 11 is 5.79. The van der Waals surface area contributed by atoms with Crippen LogP contribution in [0.3, 0.4) is 0 Å². The molecule has 10 heteroatoms. The van der Waals surface area contributed by atoms with Crippen LogP contribution >= 0.6 is 11.6 Å². The highest BCUT2D eigenvalue weighted by Crippen LogP contribution is 2.25. The van der Waals surface area contributed by atoms with Crippen LogP contribution in [0.25, 0.3) is 0 Å². The Balaban J connectivity index is 1.86. The van der Waals surface area contributed by atoms with Gasteiger partial charge in [0.15, 0.2) is 0 Å². The highest BCUT2D eigenvalue weighted by atomic mass is 35.5. The van der Waals surface area contributed by atoms with Gasteiger partial charge < -0.3 is 4.84 Å². The second-order valence-corrected chi connectivity index (χ2v) is 6.96. The molecular weight excluding hydrogens is 372 g/mol. The topological polar surface area (TPSA) is 124 Å². The number of amides is 2. The quantitative estimate of drug-likeness (QED) is 0.801. The molecule has 0 spiro atoms. The van der Waals surface area contributed by atoms with Gasteiger partial charge in [0.25, 0.3) is 11.8 Å². The number of fused-ring (bicyclic) bond motifs is 1. The number of carbonyl (C=O) groups excluding carboxylic acids is 3. The third-order valence-corrected chi connectivity index (χ3v) is 4.80. The van der Waals surface area contributed by atoms with Crippen molar-refractivity contribution < 1.29 is 27.6 Å². The van der Waals surface area contributed by atoms with Gasteiger partial charge >= 0.3 is 5.97 Å². The van der Waals surface area contributed by atoms with Crippen molar-refractivity contribution in [2.75, 3.05) is 0 Å². The van der Waals surface area contributed by atoms with Gasteiger partial charge in [-0.2, -0.15) is 0 Å². The molecule has 128 valence electrons. The first-order valence-electron chi connectivity index (χ1n) is 6.72. The van der Waals surface area contributed by atoms with E-state index >= 15 is 0 Å². The standard InChI is InChI=1S/C15H9ClN2O6S/c16-11-7-8(5-6-12(11)25(17,22)23)15(21)24-18-13(19)9-3-1-2-4-10(9)14(18)20/h1-7H,(H2,17,22,23). The molecule has 1 aliphatic rings. The highest BCUT2D eigenvalue weighted by Gasteiger charge is 2.38. The molecule has 1 heterocycles. The van der Waals surface area contributed by atoms with E-state index in [0.717, 1.165) is 18.2 Å². The van der Waals surface area contributed by atoms with E-state index in [-0.39, 0.29) is 26.6 Å². The van der Waals surface area contributed by atoms with Crippen LogP contribution in [0, 0.1) is 0 Å². The van der Waals surface area contributed by atoms with E-state index in [9.17, 15) is 22.8 Å². The third-order valence-electron chi connectivity index (χ3n) is 3.41. The monoisotopic (exact) mass is 380 g/mol. The number of hydroxylamine groups is 2. The molecule has 0 unspecified atom stereocenters. The number of hydrogen-bond donors (Lipinski definition) is 1. The van der Waals surface area contributed by atoms with Gasteiger partial charge in [0.1, 0.15) is 4.90 Å². The minimum atomic E-state index is -4.05. The molecule has 25 heavy (non-hydrogen) atoms. The molecule has 1 aliphatic heterocycles. The number of nitrogens with two attached hydrogens (primary N) is 1. The predicted octanol–water partition coefficient (Wildman–Crippen LogP) is 1.36. The summed E-state index contributed by atoms with van der Waals surface area (Å²) < 4.78 is 22.6. The Morgan fingerprint density at radius 3 is 2.08 bits per heavy atom. The van der Waals surface area contributed by atoms with Crippen molar-refractivity contribution in [1.29, 1.82) is 0 Å². The minimum absolute atomic E-state index is 0.114. The average Bonchev–Trinajstić information content (AvgIpc) is 2.79. The number of sulfonamides is 1. The number of carbonyl (C=O) groups is 3. The molecule has 3 rings (SSSR count). The summed E-state index contributed by atoms with van der Waals surface area (Å²) in [5, 5.41) is 5.02. The van der Waals surface area contributed by atoms with Crippen molar-refractivity contribution in [3.05, 3.63) is 64.2 Å². The van der Waals surface area contributed by atoms with Crippen LogP contribution in [-0.4, -0.2) is 31.3 Å². The van der Waals surface area contributed by atoms with Crippen molar-refractivity contribution in [3.63, 3.8) is 0 Å². The molecule has 0 bridgehead atoms. The first kappa shape index (κ1) is 17.1. The summed E-state index contributed by atoms with van der Waals surface area (Å²) in [5.74, 6) is -2.61. The zero-order valence-electron chi connectivity index (χ0n) is 12.3. The van der Waals surface area contributed by atoms with E-state index in [1.807, 2.05) is 0 Å². The molecule has 2 aromatic carbocycles. The molecule has 0 aliphatic carbocycles. The summed E-state index contributed by atoms with van der Waals surface area (Å²) in [6.45, 7) is 0. The largest absolute Gasteiger partial charge is 0.364 e. The second-order valence-electron chi connectivity index (χ2n) is 5.02. The maximum atomic E-state index is 12.1. The average molecular weight is 381 g/mol. The van der Waals surface area contributed by atoms with Crippen LogP contribution in [0.2, 0.25) is 5.02 Å². The zero-order chi connectivity index (χ0) is 18.4. The van der Waals surface area contributed by atoms with Crippen LogP contribution in [0.5, 0.6) is 0 Å². The van der Waals surface area contributed by atoms with Crippen LogP contribution in [0.4, 0.5) is 0 Å². The van der Waals surface area contributed by atoms with E-state index in [4.69, 9.17) is 21.6 Å². The highest BCUT2D eigenvalue weighted by molar-refractivity contribution is 7.89. The number of halogens is 1. The van der Waals surface area contributed by atoms with Crippen LogP contribution in [0.1, 0.15) is 31.1 Å². The van der Waals surface area contributed by atoms with E-state index in [2.05, 4.69) is 0 Å². The Labute approximate surface area is 146 Å². The molecule has 0 saturated carbocycles. The van der Waals surface area contributed by atoms with Crippen LogP contribution < -0.4 is 5.14 Å². The summed E-state index contributed by atoms with van der Waals surface area (Å²) in [5.41, 5.74) is 0.0692. The molecular formula is C15H9ClN2O6S. The molecule has 0 saturated heterocycles. The van der Waals surface area contributed by atoms with E-state index < -0.39 is 27.8 Å². The summed E-state index contributed by atoms with van der Waals surface area (Å²) in [6.07, 6.45) is 0. The van der Waals surface area contributed by atoms with Gasteiger partial charge in [-0.3, -0.25) is 9.59 Å². The van der Waals surface area contributed by atoms with E-state index in [0.29, 0.717) is 5.06 Å². The molecule has 8 nitrogen and oxygen atoms in total. The third kappa shape index (κ3) is 3.00. The summed E-state index contributed by atoms with van der Waals surface area (Å²) in [4.78, 5) is 40.9. The van der Waals surface area contributed by atoms with Gasteiger partial charge in [0.2, 0.25) is 10.0 Å². The van der Waals surface area contributed by atoms with Crippen molar-refractivity contribution in [3.8, 4) is 0 Å². The van der Waals surface area contributed by atoms with E-state index in [1.165, 1.54) is 12.1 Å². The maximum Gasteiger partial charge on any atom is 0.364 e. The van der Waals surface area contributed by atoms with Crippen molar-refractivity contribution in [2.24, 2.45) is 5.14 Å². The summed E-state index contributed by atoms with van der Waals surface area (Å²) in [7, 11) is -4.05. The van der Waals surface area contributed by atoms with Crippen LogP contribution in [-0.2, 0) is 14.9 Å². The Bertz CT molecular complexity index is 999. The number of hydrogen-bond acceptors (Lipinski definition) is 6. The second kappa shape index (κ2) is 5.96. The minimum Gasteiger partial charge on any atom is -0.324 e. The fourth-order valence-electron chi connectivity index (χ4n) is 2.24. The van der Waals surface area contributed by atoms with Crippen molar-refractivity contribution in [2.45, 2.75) is 4.90 Å². The lowest BCUT2D eigenvalue weighted by molar-refractivity contribution is -0.0584. The molecule has 2 amide bonds. The molecule has 0 radical (unpaired) electrons. The van der Waals surface area contributed by atoms with Gasteiger partial charge in [-0.1, -0.05) is 28.8 Å². The number of nitrogens with zero attached hydrogens (tertiary/aromatic N) is 1. The smallest absolute Gasteiger partial charge is 0.324 e. The number of primary sulfonamides is 1. The van der Waals surface area contributed by atoms with Crippen molar-refractivity contribution >= 4 is 39.4 Å². The molecule has 0 aromatic heterocycles. The van der Waals surface area contributed by atoms with Gasteiger partial charge in [-0.05, 0) is 30.3 Å². The number of benzene rings is 2. The first-order chi connectivity index (χ1) is 11.7. The lowest BCUT2D eigenvalue weighted by Crippen LogP contribution is -2.32. The molecule has 0 atom stereocenters.